The summed E-state index contributed by atoms with van der Waals surface area (Å²) in [6.07, 6.45) is 5.40. The number of aliphatic hydroxyl groups is 1. The lowest BCUT2D eigenvalue weighted by Gasteiger charge is -2.31. The summed E-state index contributed by atoms with van der Waals surface area (Å²) in [5.41, 5.74) is 2.26. The maximum atomic E-state index is 12.3. The minimum Gasteiger partial charge on any atom is -0.393 e. The van der Waals surface area contributed by atoms with E-state index in [2.05, 4.69) is 20.2 Å². The minimum atomic E-state index is -0.187. The Morgan fingerprint density at radius 1 is 1.21 bits per heavy atom. The van der Waals surface area contributed by atoms with E-state index in [-0.39, 0.29) is 12.0 Å². The lowest BCUT2D eigenvalue weighted by molar-refractivity contribution is 0.102. The standard InChI is InChI=1S/C18H22N4O2/c1-2-17-19-11-14(12-20-17)21-18(24)13-3-5-15(6-4-13)22-9-7-16(23)8-10-22/h3-6,11-12,16,23H,2,7-10H2,1H3,(H,21,24). The summed E-state index contributed by atoms with van der Waals surface area (Å²) < 4.78 is 0. The van der Waals surface area contributed by atoms with Crippen molar-refractivity contribution in [2.45, 2.75) is 32.3 Å². The molecule has 1 saturated heterocycles. The normalized spacial score (nSPS) is 15.3. The molecule has 1 aliphatic rings. The average molecular weight is 326 g/mol. The maximum absolute atomic E-state index is 12.3. The Balaban J connectivity index is 1.62. The molecule has 1 aromatic heterocycles. The van der Waals surface area contributed by atoms with Crippen molar-refractivity contribution in [3.8, 4) is 0 Å². The van der Waals surface area contributed by atoms with Crippen molar-refractivity contribution in [2.24, 2.45) is 0 Å². The third-order valence-electron chi connectivity index (χ3n) is 4.24. The van der Waals surface area contributed by atoms with Gasteiger partial charge in [0.2, 0.25) is 0 Å². The van der Waals surface area contributed by atoms with Crippen molar-refractivity contribution in [3.63, 3.8) is 0 Å². The molecular weight excluding hydrogens is 304 g/mol. The van der Waals surface area contributed by atoms with Crippen LogP contribution in [0.25, 0.3) is 0 Å². The monoisotopic (exact) mass is 326 g/mol. The number of nitrogens with one attached hydrogen (secondary N) is 1. The highest BCUT2D eigenvalue weighted by atomic mass is 16.3. The van der Waals surface area contributed by atoms with Gasteiger partial charge in [-0.25, -0.2) is 9.97 Å². The molecule has 1 amide bonds. The van der Waals surface area contributed by atoms with Gasteiger partial charge in [0.15, 0.2) is 0 Å². The summed E-state index contributed by atoms with van der Waals surface area (Å²) in [5.74, 6) is 0.576. The van der Waals surface area contributed by atoms with Gasteiger partial charge >= 0.3 is 0 Å². The zero-order valence-corrected chi connectivity index (χ0v) is 13.8. The van der Waals surface area contributed by atoms with Crippen LogP contribution in [0.2, 0.25) is 0 Å². The molecule has 2 N–H and O–H groups in total. The Morgan fingerprint density at radius 3 is 2.42 bits per heavy atom. The highest BCUT2D eigenvalue weighted by Crippen LogP contribution is 2.21. The van der Waals surface area contributed by atoms with Crippen LogP contribution in [0.4, 0.5) is 11.4 Å². The summed E-state index contributed by atoms with van der Waals surface area (Å²) in [7, 11) is 0. The fourth-order valence-electron chi connectivity index (χ4n) is 2.75. The van der Waals surface area contributed by atoms with Gasteiger partial charge in [-0.1, -0.05) is 6.92 Å². The molecule has 1 aliphatic heterocycles. The average Bonchev–Trinajstić information content (AvgIpc) is 2.63. The van der Waals surface area contributed by atoms with E-state index in [4.69, 9.17) is 0 Å². The molecule has 0 bridgehead atoms. The van der Waals surface area contributed by atoms with Crippen LogP contribution in [-0.2, 0) is 6.42 Å². The van der Waals surface area contributed by atoms with Gasteiger partial charge in [-0.15, -0.1) is 0 Å². The van der Waals surface area contributed by atoms with Gasteiger partial charge in [0, 0.05) is 30.8 Å². The summed E-state index contributed by atoms with van der Waals surface area (Å²) in [6, 6.07) is 7.53. The van der Waals surface area contributed by atoms with Crippen molar-refractivity contribution >= 4 is 17.3 Å². The number of rotatable bonds is 4. The van der Waals surface area contributed by atoms with Gasteiger partial charge in [0.05, 0.1) is 24.2 Å². The van der Waals surface area contributed by atoms with Gasteiger partial charge < -0.3 is 15.3 Å². The van der Waals surface area contributed by atoms with Crippen LogP contribution >= 0.6 is 0 Å². The van der Waals surface area contributed by atoms with Gasteiger partial charge in [-0.05, 0) is 37.1 Å². The third kappa shape index (κ3) is 3.89. The predicted octanol–water partition coefficient (Wildman–Crippen LogP) is 2.25. The van der Waals surface area contributed by atoms with E-state index in [1.165, 1.54) is 0 Å². The number of hydrogen-bond acceptors (Lipinski definition) is 5. The molecule has 0 radical (unpaired) electrons. The van der Waals surface area contributed by atoms with Gasteiger partial charge in [-0.2, -0.15) is 0 Å². The Kier molecular flexibility index (Phi) is 5.05. The van der Waals surface area contributed by atoms with Gasteiger partial charge in [0.1, 0.15) is 5.82 Å². The highest BCUT2D eigenvalue weighted by Gasteiger charge is 2.17. The molecule has 3 rings (SSSR count). The summed E-state index contributed by atoms with van der Waals surface area (Å²) in [6.45, 7) is 3.67. The van der Waals surface area contributed by atoms with Crippen molar-refractivity contribution in [1.29, 1.82) is 0 Å². The molecule has 0 atom stereocenters. The molecule has 0 unspecified atom stereocenters. The van der Waals surface area contributed by atoms with E-state index in [1.54, 1.807) is 12.4 Å². The van der Waals surface area contributed by atoms with Crippen LogP contribution in [-0.4, -0.2) is 40.2 Å². The number of aryl methyl sites for hydroxylation is 1. The van der Waals surface area contributed by atoms with E-state index in [0.29, 0.717) is 11.3 Å². The van der Waals surface area contributed by atoms with Crippen LogP contribution in [0.5, 0.6) is 0 Å². The van der Waals surface area contributed by atoms with Gasteiger partial charge in [0.25, 0.3) is 5.91 Å². The van der Waals surface area contributed by atoms with Crippen LogP contribution in [0, 0.1) is 0 Å². The number of aliphatic hydroxyl groups excluding tert-OH is 1. The first kappa shape index (κ1) is 16.4. The number of amides is 1. The Morgan fingerprint density at radius 2 is 1.83 bits per heavy atom. The van der Waals surface area contributed by atoms with E-state index in [9.17, 15) is 9.90 Å². The van der Waals surface area contributed by atoms with Crippen LogP contribution in [0.3, 0.4) is 0 Å². The Labute approximate surface area is 141 Å². The Bertz CT molecular complexity index is 677. The van der Waals surface area contributed by atoms with E-state index < -0.39 is 0 Å². The van der Waals surface area contributed by atoms with Crippen molar-refractivity contribution in [1.82, 2.24) is 9.97 Å². The number of hydrogen-bond donors (Lipinski definition) is 2. The van der Waals surface area contributed by atoms with Crippen LogP contribution in [0.1, 0.15) is 35.9 Å². The number of piperidine rings is 1. The number of carbonyl (C=O) groups is 1. The number of aromatic nitrogens is 2. The second-order valence-corrected chi connectivity index (χ2v) is 5.96. The lowest BCUT2D eigenvalue weighted by atomic mass is 10.1. The van der Waals surface area contributed by atoms with E-state index in [0.717, 1.165) is 43.9 Å². The third-order valence-corrected chi connectivity index (χ3v) is 4.24. The molecule has 6 nitrogen and oxygen atoms in total. The van der Waals surface area contributed by atoms with Crippen LogP contribution in [0.15, 0.2) is 36.7 Å². The van der Waals surface area contributed by atoms with Crippen molar-refractivity contribution in [2.75, 3.05) is 23.3 Å². The molecule has 1 fully saturated rings. The molecule has 1 aromatic carbocycles. The van der Waals surface area contributed by atoms with E-state index in [1.807, 2.05) is 31.2 Å². The predicted molar refractivity (Wildman–Crippen MR) is 93.3 cm³/mol. The largest absolute Gasteiger partial charge is 0.393 e. The molecule has 2 heterocycles. The number of nitrogens with zero attached hydrogens (tertiary/aromatic N) is 3. The fraction of sp³-hybridized carbons (Fsp3) is 0.389. The molecule has 126 valence electrons. The number of carbonyl (C=O) groups excluding carboxylic acids is 1. The molecule has 0 aliphatic carbocycles. The summed E-state index contributed by atoms with van der Waals surface area (Å²) in [4.78, 5) is 22.9. The van der Waals surface area contributed by atoms with Gasteiger partial charge in [-0.3, -0.25) is 4.79 Å². The Hall–Kier alpha value is -2.47. The fourth-order valence-corrected chi connectivity index (χ4v) is 2.75. The minimum absolute atomic E-state index is 0.177. The molecule has 0 saturated carbocycles. The van der Waals surface area contributed by atoms with Crippen molar-refractivity contribution < 1.29 is 9.90 Å². The maximum Gasteiger partial charge on any atom is 0.255 e. The molecule has 2 aromatic rings. The topological polar surface area (TPSA) is 78.4 Å². The van der Waals surface area contributed by atoms with E-state index >= 15 is 0 Å². The molecular formula is C18H22N4O2. The molecule has 6 heteroatoms. The highest BCUT2D eigenvalue weighted by molar-refractivity contribution is 6.04. The smallest absolute Gasteiger partial charge is 0.255 e. The van der Waals surface area contributed by atoms with Crippen molar-refractivity contribution in [3.05, 3.63) is 48.0 Å². The number of benzene rings is 1. The lowest BCUT2D eigenvalue weighted by Crippen LogP contribution is -2.35. The first-order valence-corrected chi connectivity index (χ1v) is 8.31. The second-order valence-electron chi connectivity index (χ2n) is 5.96. The first-order valence-electron chi connectivity index (χ1n) is 8.31. The summed E-state index contributed by atoms with van der Waals surface area (Å²) >= 11 is 0. The molecule has 0 spiro atoms. The SMILES string of the molecule is CCc1ncc(NC(=O)c2ccc(N3CCC(O)CC3)cc2)cn1. The zero-order chi connectivity index (χ0) is 16.9. The quantitative estimate of drug-likeness (QED) is 0.901. The molecule has 24 heavy (non-hydrogen) atoms. The van der Waals surface area contributed by atoms with Crippen LogP contribution < -0.4 is 10.2 Å². The second kappa shape index (κ2) is 7.40. The first-order chi connectivity index (χ1) is 11.7. The summed E-state index contributed by atoms with van der Waals surface area (Å²) in [5, 5.41) is 12.4. The zero-order valence-electron chi connectivity index (χ0n) is 13.8. The number of anilines is 2.